The summed E-state index contributed by atoms with van der Waals surface area (Å²) in [5, 5.41) is 0. The van der Waals surface area contributed by atoms with Crippen LogP contribution in [0.25, 0.3) is 5.57 Å². The van der Waals surface area contributed by atoms with E-state index >= 15 is 0 Å². The highest BCUT2D eigenvalue weighted by Gasteiger charge is 1.97. The molecule has 0 saturated carbocycles. The van der Waals surface area contributed by atoms with Crippen molar-refractivity contribution in [1.82, 2.24) is 0 Å². The second-order valence-electron chi connectivity index (χ2n) is 3.74. The lowest BCUT2D eigenvalue weighted by atomic mass is 10.0. The normalized spacial score (nSPS) is 11.9. The summed E-state index contributed by atoms with van der Waals surface area (Å²) in [5.74, 6) is 0.697. The molecule has 0 bridgehead atoms. The first-order valence-corrected chi connectivity index (χ1v) is 5.48. The van der Waals surface area contributed by atoms with Crippen LogP contribution >= 0.6 is 11.6 Å². The minimum Gasteiger partial charge on any atom is -0.126 e. The lowest BCUT2D eigenvalue weighted by molar-refractivity contribution is 1.23. The van der Waals surface area contributed by atoms with E-state index in [1.165, 1.54) is 22.3 Å². The van der Waals surface area contributed by atoms with Crippen molar-refractivity contribution in [2.45, 2.75) is 27.2 Å². The van der Waals surface area contributed by atoms with Crippen LogP contribution < -0.4 is 0 Å². The van der Waals surface area contributed by atoms with Crippen molar-refractivity contribution >= 4 is 17.2 Å². The van der Waals surface area contributed by atoms with Gasteiger partial charge in [0, 0.05) is 5.88 Å². The maximum absolute atomic E-state index is 5.65. The molecule has 0 unspecified atom stereocenters. The summed E-state index contributed by atoms with van der Waals surface area (Å²) in [6.45, 7) is 6.40. The molecule has 76 valence electrons. The molecule has 0 saturated heterocycles. The van der Waals surface area contributed by atoms with Crippen molar-refractivity contribution in [2.75, 3.05) is 5.88 Å². The summed E-state index contributed by atoms with van der Waals surface area (Å²) in [6, 6.07) is 6.62. The number of hydrogen-bond acceptors (Lipinski definition) is 0. The lowest BCUT2D eigenvalue weighted by Crippen LogP contribution is -1.85. The molecule has 1 rings (SSSR count). The van der Waals surface area contributed by atoms with E-state index in [9.17, 15) is 0 Å². The van der Waals surface area contributed by atoms with Crippen molar-refractivity contribution in [3.05, 3.63) is 41.0 Å². The van der Waals surface area contributed by atoms with Crippen LogP contribution in [0.3, 0.4) is 0 Å². The summed E-state index contributed by atoms with van der Waals surface area (Å²) in [6.07, 6.45) is 3.14. The minimum atomic E-state index is 0.697. The average molecular weight is 209 g/mol. The summed E-state index contributed by atoms with van der Waals surface area (Å²) in [7, 11) is 0. The van der Waals surface area contributed by atoms with Gasteiger partial charge in [0.2, 0.25) is 0 Å². The molecule has 0 fully saturated rings. The third kappa shape index (κ3) is 3.19. The third-order valence-corrected chi connectivity index (χ3v) is 2.45. The standard InChI is InChI=1S/C13H17Cl/c1-10-7-11(2)9-13(8-10)12(3)5-4-6-14/h5,7-9H,4,6H2,1-3H3. The molecule has 1 heteroatoms. The van der Waals surface area contributed by atoms with Crippen LogP contribution in [0.2, 0.25) is 0 Å². The Balaban J connectivity index is 2.95. The summed E-state index contributed by atoms with van der Waals surface area (Å²) < 4.78 is 0. The number of hydrogen-bond donors (Lipinski definition) is 0. The predicted molar refractivity (Wildman–Crippen MR) is 64.9 cm³/mol. The van der Waals surface area contributed by atoms with Crippen LogP contribution in [0.4, 0.5) is 0 Å². The molecule has 0 N–H and O–H groups in total. The van der Waals surface area contributed by atoms with Gasteiger partial charge < -0.3 is 0 Å². The first-order chi connectivity index (χ1) is 6.63. The fraction of sp³-hybridized carbons (Fsp3) is 0.385. The second-order valence-corrected chi connectivity index (χ2v) is 4.12. The monoisotopic (exact) mass is 208 g/mol. The Morgan fingerprint density at radius 1 is 1.21 bits per heavy atom. The van der Waals surface area contributed by atoms with Gasteiger partial charge in [-0.15, -0.1) is 11.6 Å². The quantitative estimate of drug-likeness (QED) is 0.649. The maximum atomic E-state index is 5.65. The SMILES string of the molecule is CC(=CCCCl)c1cc(C)cc(C)c1. The van der Waals surface area contributed by atoms with Gasteiger partial charge in [-0.25, -0.2) is 0 Å². The zero-order valence-electron chi connectivity index (χ0n) is 9.10. The number of allylic oxidation sites excluding steroid dienone is 2. The van der Waals surface area contributed by atoms with Crippen molar-refractivity contribution in [2.24, 2.45) is 0 Å². The van der Waals surface area contributed by atoms with Gasteiger partial charge >= 0.3 is 0 Å². The van der Waals surface area contributed by atoms with Crippen LogP contribution in [0.15, 0.2) is 24.3 Å². The Hall–Kier alpha value is -0.750. The van der Waals surface area contributed by atoms with Gasteiger partial charge in [-0.3, -0.25) is 0 Å². The van der Waals surface area contributed by atoms with E-state index in [2.05, 4.69) is 45.0 Å². The van der Waals surface area contributed by atoms with Gasteiger partial charge in [0.25, 0.3) is 0 Å². The Morgan fingerprint density at radius 3 is 2.29 bits per heavy atom. The summed E-state index contributed by atoms with van der Waals surface area (Å²) in [5.41, 5.74) is 5.27. The van der Waals surface area contributed by atoms with Crippen LogP contribution in [0, 0.1) is 13.8 Å². The highest BCUT2D eigenvalue weighted by Crippen LogP contribution is 2.18. The fourth-order valence-corrected chi connectivity index (χ4v) is 1.70. The Labute approximate surface area is 91.6 Å². The molecule has 0 aliphatic carbocycles. The van der Waals surface area contributed by atoms with E-state index in [-0.39, 0.29) is 0 Å². The Bertz CT molecular complexity index is 317. The lowest BCUT2D eigenvalue weighted by Gasteiger charge is -2.05. The zero-order chi connectivity index (χ0) is 10.6. The first-order valence-electron chi connectivity index (χ1n) is 4.95. The van der Waals surface area contributed by atoms with Gasteiger partial charge in [0.05, 0.1) is 0 Å². The molecule has 0 amide bonds. The van der Waals surface area contributed by atoms with Gasteiger partial charge in [-0.1, -0.05) is 35.4 Å². The first kappa shape index (κ1) is 11.3. The van der Waals surface area contributed by atoms with Crippen molar-refractivity contribution in [3.63, 3.8) is 0 Å². The molecule has 1 aromatic rings. The molecule has 0 spiro atoms. The van der Waals surface area contributed by atoms with Crippen molar-refractivity contribution in [1.29, 1.82) is 0 Å². The molecule has 0 radical (unpaired) electrons. The topological polar surface area (TPSA) is 0 Å². The molecule has 0 nitrogen and oxygen atoms in total. The van der Waals surface area contributed by atoms with E-state index in [0.29, 0.717) is 5.88 Å². The molecule has 0 heterocycles. The predicted octanol–water partition coefficient (Wildman–Crippen LogP) is 4.34. The summed E-state index contributed by atoms with van der Waals surface area (Å²) in [4.78, 5) is 0. The molecule has 0 atom stereocenters. The third-order valence-electron chi connectivity index (χ3n) is 2.24. The van der Waals surface area contributed by atoms with Gasteiger partial charge in [0.1, 0.15) is 0 Å². The van der Waals surface area contributed by atoms with Crippen LogP contribution in [0.5, 0.6) is 0 Å². The Morgan fingerprint density at radius 2 is 1.79 bits per heavy atom. The van der Waals surface area contributed by atoms with Gasteiger partial charge in [-0.2, -0.15) is 0 Å². The van der Waals surface area contributed by atoms with Crippen molar-refractivity contribution < 1.29 is 0 Å². The fourth-order valence-electron chi connectivity index (χ4n) is 1.59. The summed E-state index contributed by atoms with van der Waals surface area (Å²) >= 11 is 5.65. The molecule has 0 aromatic heterocycles. The highest BCUT2D eigenvalue weighted by atomic mass is 35.5. The number of halogens is 1. The van der Waals surface area contributed by atoms with E-state index in [4.69, 9.17) is 11.6 Å². The van der Waals surface area contributed by atoms with Gasteiger partial charge in [-0.05, 0) is 38.3 Å². The van der Waals surface area contributed by atoms with Crippen LogP contribution in [-0.2, 0) is 0 Å². The molecule has 14 heavy (non-hydrogen) atoms. The van der Waals surface area contributed by atoms with E-state index in [1.807, 2.05) is 0 Å². The largest absolute Gasteiger partial charge is 0.126 e. The van der Waals surface area contributed by atoms with E-state index in [1.54, 1.807) is 0 Å². The van der Waals surface area contributed by atoms with Gasteiger partial charge in [0.15, 0.2) is 0 Å². The average Bonchev–Trinajstić information content (AvgIpc) is 2.12. The minimum absolute atomic E-state index is 0.697. The molecular formula is C13H17Cl. The van der Waals surface area contributed by atoms with Crippen LogP contribution in [0.1, 0.15) is 30.0 Å². The van der Waals surface area contributed by atoms with E-state index < -0.39 is 0 Å². The number of rotatable bonds is 3. The molecular weight excluding hydrogens is 192 g/mol. The number of alkyl halides is 1. The van der Waals surface area contributed by atoms with Crippen LogP contribution in [-0.4, -0.2) is 5.88 Å². The molecule has 0 aliphatic rings. The maximum Gasteiger partial charge on any atom is 0.0258 e. The molecule has 0 aliphatic heterocycles. The highest BCUT2D eigenvalue weighted by molar-refractivity contribution is 6.17. The molecule has 1 aromatic carbocycles. The van der Waals surface area contributed by atoms with Crippen molar-refractivity contribution in [3.8, 4) is 0 Å². The Kier molecular flexibility index (Phi) is 4.21. The smallest absolute Gasteiger partial charge is 0.0258 e. The number of aryl methyl sites for hydroxylation is 2. The zero-order valence-corrected chi connectivity index (χ0v) is 9.86. The van der Waals surface area contributed by atoms with E-state index in [0.717, 1.165) is 6.42 Å². The second kappa shape index (κ2) is 5.21. The number of benzene rings is 1.